The van der Waals surface area contributed by atoms with E-state index in [2.05, 4.69) is 15.5 Å². The summed E-state index contributed by atoms with van der Waals surface area (Å²) in [7, 11) is 1.50. The fourth-order valence-electron chi connectivity index (χ4n) is 0.814. The van der Waals surface area contributed by atoms with Gasteiger partial charge < -0.3 is 10.1 Å². The summed E-state index contributed by atoms with van der Waals surface area (Å²) in [5, 5.41) is 9.13. The second-order valence-electron chi connectivity index (χ2n) is 2.70. The van der Waals surface area contributed by atoms with Gasteiger partial charge in [0.05, 0.1) is 6.20 Å². The Morgan fingerprint density at radius 3 is 3.15 bits per heavy atom. The van der Waals surface area contributed by atoms with Crippen molar-refractivity contribution >= 4 is 5.91 Å². The number of amides is 1. The van der Waals surface area contributed by atoms with Crippen molar-refractivity contribution in [1.82, 2.24) is 15.5 Å². The summed E-state index contributed by atoms with van der Waals surface area (Å²) >= 11 is 0. The van der Waals surface area contributed by atoms with Crippen molar-refractivity contribution < 1.29 is 9.53 Å². The lowest BCUT2D eigenvalue weighted by molar-refractivity contribution is -0.130. The van der Waals surface area contributed by atoms with E-state index in [1.165, 1.54) is 7.11 Å². The first-order valence-corrected chi connectivity index (χ1v) is 4.02. The Labute approximate surface area is 76.5 Å². The average Bonchev–Trinajstić information content (AvgIpc) is 2.65. The lowest BCUT2D eigenvalue weighted by Gasteiger charge is -2.08. The summed E-state index contributed by atoms with van der Waals surface area (Å²) in [6.45, 7) is 2.17. The number of hydrogen-bond donors (Lipinski definition) is 2. The van der Waals surface area contributed by atoms with Crippen molar-refractivity contribution in [3.8, 4) is 0 Å². The van der Waals surface area contributed by atoms with Crippen molar-refractivity contribution in [2.75, 3.05) is 7.11 Å². The molecule has 1 rings (SSSR count). The Bertz CT molecular complexity index is 258. The summed E-state index contributed by atoms with van der Waals surface area (Å²) in [6, 6.07) is 0. The number of ether oxygens (including phenoxy) is 1. The van der Waals surface area contributed by atoms with Crippen molar-refractivity contribution in [3.63, 3.8) is 0 Å². The normalized spacial score (nSPS) is 12.5. The average molecular weight is 183 g/mol. The van der Waals surface area contributed by atoms with Gasteiger partial charge in [0.2, 0.25) is 5.91 Å². The van der Waals surface area contributed by atoms with Gasteiger partial charge in [0.1, 0.15) is 6.10 Å². The first-order valence-electron chi connectivity index (χ1n) is 4.02. The molecule has 72 valence electrons. The number of nitrogens with zero attached hydrogens (tertiary/aromatic N) is 1. The maximum absolute atomic E-state index is 11.2. The number of nitrogens with one attached hydrogen (secondary N) is 2. The number of rotatable bonds is 4. The van der Waals surface area contributed by atoms with Crippen LogP contribution in [0.5, 0.6) is 0 Å². The van der Waals surface area contributed by atoms with Gasteiger partial charge in [-0.15, -0.1) is 0 Å². The minimum Gasteiger partial charge on any atom is -0.372 e. The third-order valence-corrected chi connectivity index (χ3v) is 1.74. The summed E-state index contributed by atoms with van der Waals surface area (Å²) in [4.78, 5) is 11.2. The van der Waals surface area contributed by atoms with E-state index in [0.717, 1.165) is 5.56 Å². The van der Waals surface area contributed by atoms with Gasteiger partial charge in [-0.3, -0.25) is 9.89 Å². The molecular weight excluding hydrogens is 170 g/mol. The van der Waals surface area contributed by atoms with E-state index < -0.39 is 6.10 Å². The lowest BCUT2D eigenvalue weighted by atomic mass is 10.3. The van der Waals surface area contributed by atoms with E-state index in [0.29, 0.717) is 6.54 Å². The fourth-order valence-corrected chi connectivity index (χ4v) is 0.814. The Hall–Kier alpha value is -1.36. The molecule has 1 unspecified atom stereocenters. The zero-order chi connectivity index (χ0) is 9.68. The predicted octanol–water partition coefficient (Wildman–Crippen LogP) is 0.0608. The van der Waals surface area contributed by atoms with Gasteiger partial charge in [-0.05, 0) is 6.92 Å². The van der Waals surface area contributed by atoms with Crippen LogP contribution < -0.4 is 5.32 Å². The second kappa shape index (κ2) is 4.61. The van der Waals surface area contributed by atoms with Gasteiger partial charge >= 0.3 is 0 Å². The molecular formula is C8H13N3O2. The van der Waals surface area contributed by atoms with E-state index in [9.17, 15) is 4.79 Å². The molecule has 0 bridgehead atoms. The van der Waals surface area contributed by atoms with Crippen LogP contribution in [0.15, 0.2) is 12.4 Å². The SMILES string of the molecule is COC(C)C(=O)NCc1cn[nH]c1. The number of aromatic amines is 1. The number of H-pyrrole nitrogens is 1. The van der Waals surface area contributed by atoms with Crippen molar-refractivity contribution in [1.29, 1.82) is 0 Å². The molecule has 1 aromatic heterocycles. The zero-order valence-corrected chi connectivity index (χ0v) is 7.70. The molecule has 0 aliphatic rings. The fraction of sp³-hybridized carbons (Fsp3) is 0.500. The largest absolute Gasteiger partial charge is 0.372 e. The molecule has 13 heavy (non-hydrogen) atoms. The third-order valence-electron chi connectivity index (χ3n) is 1.74. The smallest absolute Gasteiger partial charge is 0.249 e. The standard InChI is InChI=1S/C8H13N3O2/c1-6(13-2)8(12)9-3-7-4-10-11-5-7/h4-6H,3H2,1-2H3,(H,9,12)(H,10,11). The number of hydrogen-bond acceptors (Lipinski definition) is 3. The summed E-state index contributed by atoms with van der Waals surface area (Å²) < 4.78 is 4.85. The van der Waals surface area contributed by atoms with E-state index in [1.807, 2.05) is 0 Å². The highest BCUT2D eigenvalue weighted by Crippen LogP contribution is 1.93. The lowest BCUT2D eigenvalue weighted by Crippen LogP contribution is -2.33. The number of aromatic nitrogens is 2. The maximum atomic E-state index is 11.2. The molecule has 0 fully saturated rings. The van der Waals surface area contributed by atoms with E-state index in [4.69, 9.17) is 4.74 Å². The molecule has 1 atom stereocenters. The molecule has 0 radical (unpaired) electrons. The first-order chi connectivity index (χ1) is 6.24. The highest BCUT2D eigenvalue weighted by atomic mass is 16.5. The minimum absolute atomic E-state index is 0.122. The molecule has 5 nitrogen and oxygen atoms in total. The summed E-state index contributed by atoms with van der Waals surface area (Å²) in [5.41, 5.74) is 0.941. The molecule has 1 heterocycles. The van der Waals surface area contributed by atoms with Gasteiger partial charge in [0.25, 0.3) is 0 Å². The Morgan fingerprint density at radius 2 is 2.62 bits per heavy atom. The zero-order valence-electron chi connectivity index (χ0n) is 7.70. The maximum Gasteiger partial charge on any atom is 0.249 e. The molecule has 0 saturated carbocycles. The van der Waals surface area contributed by atoms with Gasteiger partial charge in [-0.25, -0.2) is 0 Å². The molecule has 5 heteroatoms. The van der Waals surface area contributed by atoms with Crippen molar-refractivity contribution in [3.05, 3.63) is 18.0 Å². The molecule has 0 spiro atoms. The molecule has 0 aliphatic carbocycles. The molecule has 2 N–H and O–H groups in total. The summed E-state index contributed by atoms with van der Waals surface area (Å²) in [5.74, 6) is -0.122. The van der Waals surface area contributed by atoms with Crippen LogP contribution in [0.25, 0.3) is 0 Å². The van der Waals surface area contributed by atoms with Crippen LogP contribution in [-0.4, -0.2) is 29.3 Å². The van der Waals surface area contributed by atoms with Gasteiger partial charge in [0.15, 0.2) is 0 Å². The van der Waals surface area contributed by atoms with E-state index in [1.54, 1.807) is 19.3 Å². The highest BCUT2D eigenvalue weighted by Gasteiger charge is 2.10. The molecule has 1 amide bonds. The van der Waals surface area contributed by atoms with Crippen LogP contribution in [0.1, 0.15) is 12.5 Å². The molecule has 1 aromatic rings. The first kappa shape index (κ1) is 9.73. The predicted molar refractivity (Wildman–Crippen MR) is 46.9 cm³/mol. The topological polar surface area (TPSA) is 67.0 Å². The molecule has 0 aromatic carbocycles. The number of carbonyl (C=O) groups is 1. The van der Waals surface area contributed by atoms with Gasteiger partial charge in [-0.2, -0.15) is 5.10 Å². The van der Waals surface area contributed by atoms with Gasteiger partial charge in [0, 0.05) is 25.4 Å². The third kappa shape index (κ3) is 2.87. The van der Waals surface area contributed by atoms with Crippen LogP contribution in [0.3, 0.4) is 0 Å². The van der Waals surface area contributed by atoms with E-state index >= 15 is 0 Å². The van der Waals surface area contributed by atoms with E-state index in [-0.39, 0.29) is 5.91 Å². The van der Waals surface area contributed by atoms with Crippen molar-refractivity contribution in [2.24, 2.45) is 0 Å². The Morgan fingerprint density at radius 1 is 1.85 bits per heavy atom. The highest BCUT2D eigenvalue weighted by molar-refractivity contribution is 5.80. The van der Waals surface area contributed by atoms with Gasteiger partial charge in [-0.1, -0.05) is 0 Å². The van der Waals surface area contributed by atoms with Crippen LogP contribution >= 0.6 is 0 Å². The Kier molecular flexibility index (Phi) is 3.45. The Balaban J connectivity index is 2.31. The quantitative estimate of drug-likeness (QED) is 0.693. The number of methoxy groups -OCH3 is 1. The molecule has 0 saturated heterocycles. The van der Waals surface area contributed by atoms with Crippen LogP contribution in [0.2, 0.25) is 0 Å². The van der Waals surface area contributed by atoms with Crippen LogP contribution in [0.4, 0.5) is 0 Å². The van der Waals surface area contributed by atoms with Crippen LogP contribution in [-0.2, 0) is 16.1 Å². The van der Waals surface area contributed by atoms with Crippen molar-refractivity contribution in [2.45, 2.75) is 19.6 Å². The monoisotopic (exact) mass is 183 g/mol. The van der Waals surface area contributed by atoms with Crippen LogP contribution in [0, 0.1) is 0 Å². The molecule has 0 aliphatic heterocycles. The summed E-state index contributed by atoms with van der Waals surface area (Å²) in [6.07, 6.45) is 2.99. The second-order valence-corrected chi connectivity index (χ2v) is 2.70. The minimum atomic E-state index is -0.410. The number of carbonyl (C=O) groups excluding carboxylic acids is 1.